The quantitative estimate of drug-likeness (QED) is 0.590. The van der Waals surface area contributed by atoms with Crippen LogP contribution in [0, 0.1) is 0 Å². The molecule has 9 nitrogen and oxygen atoms in total. The lowest BCUT2D eigenvalue weighted by atomic mass is 10.1. The molecule has 174 valence electrons. The van der Waals surface area contributed by atoms with Gasteiger partial charge in [-0.25, -0.2) is 0 Å². The van der Waals surface area contributed by atoms with E-state index in [2.05, 4.69) is 20.0 Å². The van der Waals surface area contributed by atoms with Gasteiger partial charge in [0.1, 0.15) is 17.4 Å². The zero-order valence-corrected chi connectivity index (χ0v) is 17.4. The van der Waals surface area contributed by atoms with Crippen LogP contribution in [-0.2, 0) is 11.2 Å². The number of methoxy groups -OCH3 is 1. The van der Waals surface area contributed by atoms with E-state index in [-0.39, 0.29) is 18.3 Å². The average molecular weight is 455 g/mol. The Balaban J connectivity index is 1.56. The van der Waals surface area contributed by atoms with Gasteiger partial charge in [-0.1, -0.05) is 12.1 Å². The summed E-state index contributed by atoms with van der Waals surface area (Å²) in [6, 6.07) is 7.69. The van der Waals surface area contributed by atoms with E-state index in [4.69, 9.17) is 9.84 Å². The minimum atomic E-state index is -4.71. The van der Waals surface area contributed by atoms with Gasteiger partial charge in [0, 0.05) is 38.8 Å². The number of carboxylic acids is 1. The minimum Gasteiger partial charge on any atom is -0.480 e. The Morgan fingerprint density at radius 2 is 1.84 bits per heavy atom. The highest BCUT2D eigenvalue weighted by molar-refractivity contribution is 5.69. The normalized spacial score (nSPS) is 14.8. The number of benzene rings is 1. The maximum atomic E-state index is 12.2. The molecule has 0 unspecified atom stereocenters. The molecule has 0 bridgehead atoms. The van der Waals surface area contributed by atoms with Crippen molar-refractivity contribution in [2.24, 2.45) is 0 Å². The largest absolute Gasteiger partial charge is 0.573 e. The van der Waals surface area contributed by atoms with E-state index < -0.39 is 12.3 Å². The van der Waals surface area contributed by atoms with Gasteiger partial charge < -0.3 is 24.8 Å². The molecule has 1 aliphatic rings. The number of nitrogens with zero attached hydrogens (tertiary/aromatic N) is 4. The van der Waals surface area contributed by atoms with Crippen LogP contribution < -0.4 is 19.7 Å². The van der Waals surface area contributed by atoms with Gasteiger partial charge in [-0.2, -0.15) is 9.97 Å². The van der Waals surface area contributed by atoms with Crippen molar-refractivity contribution in [2.75, 3.05) is 56.6 Å². The van der Waals surface area contributed by atoms with Crippen molar-refractivity contribution >= 4 is 17.6 Å². The lowest BCUT2D eigenvalue weighted by Crippen LogP contribution is -2.48. The maximum Gasteiger partial charge on any atom is 0.573 e. The zero-order chi connectivity index (χ0) is 23.1. The van der Waals surface area contributed by atoms with Crippen LogP contribution in [0.4, 0.5) is 24.8 Å². The van der Waals surface area contributed by atoms with Crippen LogP contribution >= 0.6 is 0 Å². The summed E-state index contributed by atoms with van der Waals surface area (Å²) in [5.41, 5.74) is 0.836. The number of carboxylic acid groups (broad SMARTS) is 1. The highest BCUT2D eigenvalue weighted by atomic mass is 19.4. The number of aliphatic carboxylic acids is 1. The molecular weight excluding hydrogens is 431 g/mol. The summed E-state index contributed by atoms with van der Waals surface area (Å²) in [4.78, 5) is 23.4. The topological polar surface area (TPSA) is 100 Å². The van der Waals surface area contributed by atoms with Gasteiger partial charge in [0.2, 0.25) is 0 Å². The van der Waals surface area contributed by atoms with E-state index in [1.807, 2.05) is 9.80 Å². The molecule has 1 aromatic carbocycles. The average Bonchev–Trinajstić information content (AvgIpc) is 2.74. The number of hydrogen-bond acceptors (Lipinski definition) is 8. The third-order valence-corrected chi connectivity index (χ3v) is 4.81. The van der Waals surface area contributed by atoms with Crippen LogP contribution in [0.25, 0.3) is 0 Å². The number of anilines is 2. The van der Waals surface area contributed by atoms with Crippen LogP contribution in [-0.4, -0.2) is 78.7 Å². The summed E-state index contributed by atoms with van der Waals surface area (Å²) in [5.74, 6) is 0.110. The van der Waals surface area contributed by atoms with Crippen molar-refractivity contribution in [3.05, 3.63) is 35.9 Å². The lowest BCUT2D eigenvalue weighted by Gasteiger charge is -2.34. The molecule has 0 radical (unpaired) electrons. The standard InChI is InChI=1S/C20H24F3N5O4/c1-31-19-25-16(12-17(26-19)28-10-8-27(9-11-28)13-18(29)30)24-7-6-14-2-4-15(5-3-14)32-20(21,22)23/h2-5,12H,6-11,13H2,1H3,(H,29,30)(H,24,25,26). The van der Waals surface area contributed by atoms with Gasteiger partial charge in [-0.15, -0.1) is 13.2 Å². The summed E-state index contributed by atoms with van der Waals surface area (Å²) in [6.07, 6.45) is -4.16. The summed E-state index contributed by atoms with van der Waals surface area (Å²) in [5, 5.41) is 12.1. The van der Waals surface area contributed by atoms with E-state index in [0.717, 1.165) is 5.56 Å². The number of aromatic nitrogens is 2. The van der Waals surface area contributed by atoms with E-state index in [1.54, 1.807) is 18.2 Å². The van der Waals surface area contributed by atoms with E-state index >= 15 is 0 Å². The number of carbonyl (C=O) groups is 1. The second-order valence-electron chi connectivity index (χ2n) is 7.12. The van der Waals surface area contributed by atoms with Crippen LogP contribution in [0.15, 0.2) is 30.3 Å². The smallest absolute Gasteiger partial charge is 0.480 e. The highest BCUT2D eigenvalue weighted by Crippen LogP contribution is 2.23. The number of alkyl halides is 3. The predicted molar refractivity (Wildman–Crippen MR) is 110 cm³/mol. The molecule has 0 atom stereocenters. The first-order valence-corrected chi connectivity index (χ1v) is 9.92. The number of hydrogen-bond donors (Lipinski definition) is 2. The molecule has 1 aromatic heterocycles. The molecule has 0 aliphatic carbocycles. The number of nitrogens with one attached hydrogen (secondary N) is 1. The molecule has 0 spiro atoms. The molecule has 1 saturated heterocycles. The molecule has 1 fully saturated rings. The Morgan fingerprint density at radius 3 is 2.44 bits per heavy atom. The molecule has 12 heteroatoms. The summed E-state index contributed by atoms with van der Waals surface area (Å²) in [7, 11) is 1.47. The van der Waals surface area contributed by atoms with Gasteiger partial charge in [0.15, 0.2) is 0 Å². The second-order valence-corrected chi connectivity index (χ2v) is 7.12. The molecule has 0 saturated carbocycles. The minimum absolute atomic E-state index is 0.0110. The Morgan fingerprint density at radius 1 is 1.16 bits per heavy atom. The van der Waals surface area contributed by atoms with Crippen LogP contribution in [0.3, 0.4) is 0 Å². The van der Waals surface area contributed by atoms with Crippen LogP contribution in [0.5, 0.6) is 11.8 Å². The van der Waals surface area contributed by atoms with Crippen molar-refractivity contribution in [2.45, 2.75) is 12.8 Å². The van der Waals surface area contributed by atoms with Gasteiger partial charge in [0.25, 0.3) is 0 Å². The fourth-order valence-corrected chi connectivity index (χ4v) is 3.28. The third-order valence-electron chi connectivity index (χ3n) is 4.81. The third kappa shape index (κ3) is 7.15. The van der Waals surface area contributed by atoms with Crippen molar-refractivity contribution < 1.29 is 32.5 Å². The fraction of sp³-hybridized carbons (Fsp3) is 0.450. The van der Waals surface area contributed by atoms with Gasteiger partial charge in [-0.05, 0) is 24.1 Å². The van der Waals surface area contributed by atoms with E-state index in [9.17, 15) is 18.0 Å². The first-order valence-electron chi connectivity index (χ1n) is 9.92. The van der Waals surface area contributed by atoms with Gasteiger partial charge >= 0.3 is 18.3 Å². The Labute approximate surface area is 182 Å². The molecule has 2 heterocycles. The van der Waals surface area contributed by atoms with Crippen molar-refractivity contribution in [1.29, 1.82) is 0 Å². The summed E-state index contributed by atoms with van der Waals surface area (Å²) >= 11 is 0. The number of rotatable bonds is 9. The van der Waals surface area contributed by atoms with Crippen LogP contribution in [0.2, 0.25) is 0 Å². The maximum absolute atomic E-state index is 12.2. The number of ether oxygens (including phenoxy) is 2. The predicted octanol–water partition coefficient (Wildman–Crippen LogP) is 2.25. The first-order chi connectivity index (χ1) is 15.2. The molecule has 3 rings (SSSR count). The lowest BCUT2D eigenvalue weighted by molar-refractivity contribution is -0.274. The van der Waals surface area contributed by atoms with Gasteiger partial charge in [0.05, 0.1) is 13.7 Å². The molecule has 2 N–H and O–H groups in total. The number of piperazine rings is 1. The second kappa shape index (κ2) is 10.4. The Bertz CT molecular complexity index is 903. The summed E-state index contributed by atoms with van der Waals surface area (Å²) in [6.45, 7) is 2.96. The number of halogens is 3. The monoisotopic (exact) mass is 455 g/mol. The highest BCUT2D eigenvalue weighted by Gasteiger charge is 2.30. The Kier molecular flexibility index (Phi) is 7.57. The van der Waals surface area contributed by atoms with Crippen LogP contribution in [0.1, 0.15) is 5.56 Å². The van der Waals surface area contributed by atoms with E-state index in [1.165, 1.54) is 19.2 Å². The van der Waals surface area contributed by atoms with Crippen molar-refractivity contribution in [3.63, 3.8) is 0 Å². The first kappa shape index (κ1) is 23.4. The van der Waals surface area contributed by atoms with E-state index in [0.29, 0.717) is 50.8 Å². The molecule has 32 heavy (non-hydrogen) atoms. The SMILES string of the molecule is COc1nc(NCCc2ccc(OC(F)(F)F)cc2)cc(N2CCN(CC(=O)O)CC2)n1. The van der Waals surface area contributed by atoms with Crippen molar-refractivity contribution in [1.82, 2.24) is 14.9 Å². The van der Waals surface area contributed by atoms with Gasteiger partial charge in [-0.3, -0.25) is 9.69 Å². The molecule has 1 aliphatic heterocycles. The summed E-state index contributed by atoms with van der Waals surface area (Å²) < 4.78 is 45.8. The fourth-order valence-electron chi connectivity index (χ4n) is 3.28. The molecule has 2 aromatic rings. The zero-order valence-electron chi connectivity index (χ0n) is 17.4. The molecular formula is C20H24F3N5O4. The molecule has 0 amide bonds. The Hall–Kier alpha value is -3.28. The van der Waals surface area contributed by atoms with Crippen molar-refractivity contribution in [3.8, 4) is 11.8 Å².